The first kappa shape index (κ1) is 15.7. The van der Waals surface area contributed by atoms with Gasteiger partial charge < -0.3 is 11.1 Å². The highest BCUT2D eigenvalue weighted by Crippen LogP contribution is 2.32. The Morgan fingerprint density at radius 2 is 2.14 bits per heavy atom. The van der Waals surface area contributed by atoms with Gasteiger partial charge in [0.25, 0.3) is 5.69 Å². The van der Waals surface area contributed by atoms with Crippen LogP contribution in [0.15, 0.2) is 18.2 Å². The first-order chi connectivity index (χ1) is 10.0. The fourth-order valence-corrected chi connectivity index (χ4v) is 3.00. The Kier molecular flexibility index (Phi) is 5.14. The molecule has 1 amide bonds. The van der Waals surface area contributed by atoms with E-state index >= 15 is 0 Å². The number of nitro groups is 1. The highest BCUT2D eigenvalue weighted by Gasteiger charge is 2.31. The predicted molar refractivity (Wildman–Crippen MR) is 81.2 cm³/mol. The van der Waals surface area contributed by atoms with E-state index < -0.39 is 4.92 Å². The lowest BCUT2D eigenvalue weighted by Crippen LogP contribution is -2.35. The molecule has 0 saturated heterocycles. The summed E-state index contributed by atoms with van der Waals surface area (Å²) in [5, 5.41) is 14.0. The lowest BCUT2D eigenvalue weighted by Gasteiger charge is -2.29. The normalized spacial score (nSPS) is 21.8. The van der Waals surface area contributed by atoms with Gasteiger partial charge in [-0.3, -0.25) is 14.9 Å². The fraction of sp³-hybridized carbons (Fsp3) is 0.500. The lowest BCUT2D eigenvalue weighted by molar-refractivity contribution is -0.383. The average Bonchev–Trinajstić information content (AvgIpc) is 2.46. The number of benzene rings is 1. The number of nitrogens with two attached hydrogens (primary N) is 1. The molecular weight excluding hydrogens is 294 g/mol. The molecule has 3 N–H and O–H groups in total. The Labute approximate surface area is 127 Å². The zero-order valence-corrected chi connectivity index (χ0v) is 12.3. The maximum absolute atomic E-state index is 12.4. The van der Waals surface area contributed by atoms with Crippen LogP contribution in [0.25, 0.3) is 0 Å². The van der Waals surface area contributed by atoms with E-state index in [1.807, 2.05) is 0 Å². The highest BCUT2D eigenvalue weighted by molar-refractivity contribution is 6.31. The summed E-state index contributed by atoms with van der Waals surface area (Å²) >= 11 is 5.85. The summed E-state index contributed by atoms with van der Waals surface area (Å²) in [6.07, 6.45) is 3.74. The molecule has 1 fully saturated rings. The molecule has 1 aliphatic rings. The second kappa shape index (κ2) is 6.87. The molecular formula is C14H18ClN3O3. The number of halogens is 1. The molecule has 6 nitrogen and oxygen atoms in total. The van der Waals surface area contributed by atoms with Crippen LogP contribution >= 0.6 is 11.6 Å². The topological polar surface area (TPSA) is 98.3 Å². The monoisotopic (exact) mass is 311 g/mol. The maximum atomic E-state index is 12.4. The van der Waals surface area contributed by atoms with Gasteiger partial charge in [-0.15, -0.1) is 0 Å². The zero-order chi connectivity index (χ0) is 15.4. The van der Waals surface area contributed by atoms with Crippen molar-refractivity contribution in [3.05, 3.63) is 33.3 Å². The summed E-state index contributed by atoms with van der Waals surface area (Å²) in [6, 6.07) is 4.12. The van der Waals surface area contributed by atoms with Crippen LogP contribution in [0.5, 0.6) is 0 Å². The Bertz CT molecular complexity index is 550. The van der Waals surface area contributed by atoms with Crippen LogP contribution in [-0.4, -0.2) is 17.4 Å². The lowest BCUT2D eigenvalue weighted by atomic mass is 9.78. The first-order valence-electron chi connectivity index (χ1n) is 6.97. The number of nitrogens with one attached hydrogen (secondary N) is 1. The van der Waals surface area contributed by atoms with Gasteiger partial charge in [0.05, 0.1) is 4.92 Å². The van der Waals surface area contributed by atoms with E-state index in [1.54, 1.807) is 0 Å². The fourth-order valence-electron chi connectivity index (χ4n) is 2.83. The van der Waals surface area contributed by atoms with Crippen molar-refractivity contribution in [2.75, 3.05) is 11.9 Å². The summed E-state index contributed by atoms with van der Waals surface area (Å²) in [6.45, 7) is 0.454. The van der Waals surface area contributed by atoms with Crippen molar-refractivity contribution < 1.29 is 9.72 Å². The van der Waals surface area contributed by atoms with E-state index in [1.165, 1.54) is 18.2 Å². The molecule has 7 heteroatoms. The van der Waals surface area contributed by atoms with Crippen molar-refractivity contribution in [1.29, 1.82) is 0 Å². The summed E-state index contributed by atoms with van der Waals surface area (Å²) in [5.41, 5.74) is 5.70. The van der Waals surface area contributed by atoms with Crippen LogP contribution in [-0.2, 0) is 4.79 Å². The minimum Gasteiger partial charge on any atom is -0.330 e. The molecule has 1 aromatic carbocycles. The van der Waals surface area contributed by atoms with E-state index in [4.69, 9.17) is 17.3 Å². The van der Waals surface area contributed by atoms with Crippen LogP contribution in [0, 0.1) is 22.0 Å². The molecule has 21 heavy (non-hydrogen) atoms. The van der Waals surface area contributed by atoms with E-state index in [-0.39, 0.29) is 29.1 Å². The van der Waals surface area contributed by atoms with Crippen LogP contribution < -0.4 is 11.1 Å². The molecule has 2 rings (SSSR count). The minimum atomic E-state index is -0.534. The van der Waals surface area contributed by atoms with Crippen LogP contribution in [0.4, 0.5) is 11.4 Å². The highest BCUT2D eigenvalue weighted by atomic mass is 35.5. The number of hydrogen-bond donors (Lipinski definition) is 2. The zero-order valence-electron chi connectivity index (χ0n) is 11.5. The third-order valence-electron chi connectivity index (χ3n) is 3.96. The first-order valence-corrected chi connectivity index (χ1v) is 7.35. The number of amides is 1. The quantitative estimate of drug-likeness (QED) is 0.659. The number of hydrogen-bond acceptors (Lipinski definition) is 4. The number of carbonyl (C=O) groups is 1. The van der Waals surface area contributed by atoms with Gasteiger partial charge in [0.2, 0.25) is 5.91 Å². The number of carbonyl (C=O) groups excluding carboxylic acids is 1. The van der Waals surface area contributed by atoms with E-state index in [0.717, 1.165) is 25.7 Å². The molecule has 2 atom stereocenters. The second-order valence-corrected chi connectivity index (χ2v) is 5.73. The van der Waals surface area contributed by atoms with Gasteiger partial charge in [0, 0.05) is 17.0 Å². The van der Waals surface area contributed by atoms with Gasteiger partial charge in [-0.25, -0.2) is 0 Å². The molecule has 2 unspecified atom stereocenters. The standard InChI is InChI=1S/C14H18ClN3O3/c15-10-5-6-13(18(20)21)12(7-10)17-14(19)11-4-2-1-3-9(11)8-16/h5-7,9,11H,1-4,8,16H2,(H,17,19). The summed E-state index contributed by atoms with van der Waals surface area (Å²) in [5.74, 6) is -0.269. The smallest absolute Gasteiger partial charge is 0.292 e. The molecule has 1 aromatic rings. The van der Waals surface area contributed by atoms with E-state index in [0.29, 0.717) is 11.6 Å². The maximum Gasteiger partial charge on any atom is 0.292 e. The van der Waals surface area contributed by atoms with Crippen molar-refractivity contribution in [2.45, 2.75) is 25.7 Å². The molecule has 0 heterocycles. The Balaban J connectivity index is 2.18. The molecule has 0 bridgehead atoms. The Hall–Kier alpha value is -1.66. The Morgan fingerprint density at radius 1 is 1.43 bits per heavy atom. The van der Waals surface area contributed by atoms with E-state index in [9.17, 15) is 14.9 Å². The molecule has 1 aliphatic carbocycles. The van der Waals surface area contributed by atoms with Crippen molar-refractivity contribution in [1.82, 2.24) is 0 Å². The number of rotatable bonds is 4. The summed E-state index contributed by atoms with van der Waals surface area (Å²) in [7, 11) is 0. The van der Waals surface area contributed by atoms with Gasteiger partial charge in [-0.1, -0.05) is 24.4 Å². The van der Waals surface area contributed by atoms with Crippen molar-refractivity contribution in [3.63, 3.8) is 0 Å². The van der Waals surface area contributed by atoms with Crippen molar-refractivity contribution >= 4 is 28.9 Å². The van der Waals surface area contributed by atoms with Gasteiger partial charge in [0.1, 0.15) is 5.69 Å². The number of nitrogens with zero attached hydrogens (tertiary/aromatic N) is 1. The average molecular weight is 312 g/mol. The van der Waals surface area contributed by atoms with Crippen molar-refractivity contribution in [2.24, 2.45) is 17.6 Å². The molecule has 114 valence electrons. The van der Waals surface area contributed by atoms with Gasteiger partial charge in [0.15, 0.2) is 0 Å². The van der Waals surface area contributed by atoms with Crippen LogP contribution in [0.1, 0.15) is 25.7 Å². The van der Waals surface area contributed by atoms with Gasteiger partial charge in [-0.05, 0) is 37.4 Å². The van der Waals surface area contributed by atoms with E-state index in [2.05, 4.69) is 5.32 Å². The second-order valence-electron chi connectivity index (χ2n) is 5.29. The minimum absolute atomic E-state index is 0.136. The van der Waals surface area contributed by atoms with Crippen LogP contribution in [0.2, 0.25) is 5.02 Å². The summed E-state index contributed by atoms with van der Waals surface area (Å²) < 4.78 is 0. The SMILES string of the molecule is NCC1CCCCC1C(=O)Nc1cc(Cl)ccc1[N+](=O)[O-]. The number of nitro benzene ring substituents is 1. The Morgan fingerprint density at radius 3 is 2.81 bits per heavy atom. The largest absolute Gasteiger partial charge is 0.330 e. The van der Waals surface area contributed by atoms with Crippen LogP contribution in [0.3, 0.4) is 0 Å². The third-order valence-corrected chi connectivity index (χ3v) is 4.20. The van der Waals surface area contributed by atoms with Gasteiger partial charge >= 0.3 is 0 Å². The summed E-state index contributed by atoms with van der Waals surface area (Å²) in [4.78, 5) is 22.9. The molecule has 0 radical (unpaired) electrons. The van der Waals surface area contributed by atoms with Gasteiger partial charge in [-0.2, -0.15) is 0 Å². The third kappa shape index (κ3) is 3.71. The molecule has 0 aromatic heterocycles. The number of anilines is 1. The predicted octanol–water partition coefficient (Wildman–Crippen LogP) is 2.95. The van der Waals surface area contributed by atoms with Crippen molar-refractivity contribution in [3.8, 4) is 0 Å². The molecule has 0 spiro atoms. The molecule has 1 saturated carbocycles. The molecule has 0 aliphatic heterocycles.